The van der Waals surface area contributed by atoms with Crippen LogP contribution in [0.2, 0.25) is 5.02 Å². The van der Waals surface area contributed by atoms with Crippen LogP contribution in [-0.4, -0.2) is 42.0 Å². The summed E-state index contributed by atoms with van der Waals surface area (Å²) in [7, 11) is 1.87. The van der Waals surface area contributed by atoms with E-state index in [0.717, 1.165) is 36.2 Å². The van der Waals surface area contributed by atoms with Crippen LogP contribution >= 0.6 is 27.5 Å². The molecule has 104 valence electrons. The molecule has 1 fully saturated rings. The number of carbonyl (C=O) groups is 1. The number of nitrogens with zero attached hydrogens (tertiary/aromatic N) is 3. The summed E-state index contributed by atoms with van der Waals surface area (Å²) in [6, 6.07) is 2.19. The second-order valence-electron chi connectivity index (χ2n) is 4.81. The Kier molecular flexibility index (Phi) is 4.68. The van der Waals surface area contributed by atoms with E-state index >= 15 is 0 Å². The van der Waals surface area contributed by atoms with Gasteiger partial charge in [0.25, 0.3) is 0 Å². The molecule has 0 aliphatic carbocycles. The molecule has 0 spiro atoms. The van der Waals surface area contributed by atoms with Gasteiger partial charge >= 0.3 is 0 Å². The van der Waals surface area contributed by atoms with Crippen molar-refractivity contribution in [1.29, 1.82) is 0 Å². The summed E-state index contributed by atoms with van der Waals surface area (Å²) in [6.45, 7) is 3.41. The Morgan fingerprint density at radius 2 is 2.16 bits per heavy atom. The Balaban J connectivity index is 2.02. The predicted molar refractivity (Wildman–Crippen MR) is 80.6 cm³/mol. The maximum absolute atomic E-state index is 11.4. The maximum atomic E-state index is 11.4. The number of anilines is 1. The van der Waals surface area contributed by atoms with Gasteiger partial charge in [-0.25, -0.2) is 4.98 Å². The Labute approximate surface area is 126 Å². The highest BCUT2D eigenvalue weighted by Gasteiger charge is 2.25. The highest BCUT2D eigenvalue weighted by atomic mass is 79.9. The van der Waals surface area contributed by atoms with Gasteiger partial charge in [-0.3, -0.25) is 4.79 Å². The van der Waals surface area contributed by atoms with E-state index in [1.165, 1.54) is 0 Å². The van der Waals surface area contributed by atoms with Crippen LogP contribution in [0.4, 0.5) is 5.82 Å². The molecule has 1 aliphatic rings. The molecule has 0 radical (unpaired) electrons. The SMILES string of the molecule is CC(=O)N(C)C1CCN(c2ncc(Cl)cc2Br)CC1. The second kappa shape index (κ2) is 6.09. The molecule has 0 bridgehead atoms. The van der Waals surface area contributed by atoms with E-state index in [1.807, 2.05) is 18.0 Å². The first kappa shape index (κ1) is 14.6. The zero-order valence-corrected chi connectivity index (χ0v) is 13.4. The smallest absolute Gasteiger partial charge is 0.219 e. The molecule has 1 saturated heterocycles. The number of hydrogen-bond donors (Lipinski definition) is 0. The van der Waals surface area contributed by atoms with Crippen LogP contribution in [0.25, 0.3) is 0 Å². The third-order valence-corrected chi connectivity index (χ3v) is 4.39. The van der Waals surface area contributed by atoms with Crippen molar-refractivity contribution in [3.05, 3.63) is 21.8 Å². The van der Waals surface area contributed by atoms with Crippen molar-refractivity contribution >= 4 is 39.3 Å². The fourth-order valence-electron chi connectivity index (χ4n) is 2.36. The number of amides is 1. The molecule has 1 aromatic heterocycles. The molecule has 0 aromatic carbocycles. The van der Waals surface area contributed by atoms with Crippen LogP contribution in [0.1, 0.15) is 19.8 Å². The van der Waals surface area contributed by atoms with Gasteiger partial charge < -0.3 is 9.80 Å². The number of pyridine rings is 1. The highest BCUT2D eigenvalue weighted by Crippen LogP contribution is 2.29. The average molecular weight is 347 g/mol. The van der Waals surface area contributed by atoms with Crippen molar-refractivity contribution in [2.45, 2.75) is 25.8 Å². The van der Waals surface area contributed by atoms with Crippen molar-refractivity contribution < 1.29 is 4.79 Å². The van der Waals surface area contributed by atoms with Crippen molar-refractivity contribution in [2.75, 3.05) is 25.0 Å². The summed E-state index contributed by atoms with van der Waals surface area (Å²) in [5.74, 6) is 1.05. The minimum absolute atomic E-state index is 0.129. The normalized spacial score (nSPS) is 16.5. The first-order valence-electron chi connectivity index (χ1n) is 6.28. The molecule has 1 amide bonds. The van der Waals surface area contributed by atoms with Crippen LogP contribution in [0, 0.1) is 0 Å². The first-order valence-corrected chi connectivity index (χ1v) is 7.45. The van der Waals surface area contributed by atoms with Gasteiger partial charge in [0.2, 0.25) is 5.91 Å². The summed E-state index contributed by atoms with van der Waals surface area (Å²) in [6.07, 6.45) is 3.59. The summed E-state index contributed by atoms with van der Waals surface area (Å²) in [4.78, 5) is 19.8. The number of piperidine rings is 1. The maximum Gasteiger partial charge on any atom is 0.219 e. The molecule has 0 unspecified atom stereocenters. The predicted octanol–water partition coefficient (Wildman–Crippen LogP) is 2.94. The molecule has 2 rings (SSSR count). The Hall–Kier alpha value is -0.810. The molecule has 0 atom stereocenters. The number of halogens is 2. The summed E-state index contributed by atoms with van der Waals surface area (Å²) >= 11 is 9.40. The molecule has 1 aromatic rings. The first-order chi connectivity index (χ1) is 8.99. The Morgan fingerprint density at radius 3 is 2.68 bits per heavy atom. The van der Waals surface area contributed by atoms with E-state index in [4.69, 9.17) is 11.6 Å². The number of carbonyl (C=O) groups excluding carboxylic acids is 1. The molecule has 6 heteroatoms. The lowest BCUT2D eigenvalue weighted by Crippen LogP contribution is -2.45. The van der Waals surface area contributed by atoms with Gasteiger partial charge in [0.1, 0.15) is 5.82 Å². The molecule has 4 nitrogen and oxygen atoms in total. The summed E-state index contributed by atoms with van der Waals surface area (Å²) < 4.78 is 0.915. The molecular weight excluding hydrogens is 330 g/mol. The molecule has 2 heterocycles. The zero-order valence-electron chi connectivity index (χ0n) is 11.1. The van der Waals surface area contributed by atoms with E-state index < -0.39 is 0 Å². The molecule has 0 N–H and O–H groups in total. The van der Waals surface area contributed by atoms with Crippen LogP contribution in [0.5, 0.6) is 0 Å². The summed E-state index contributed by atoms with van der Waals surface area (Å²) in [5, 5.41) is 0.627. The fraction of sp³-hybridized carbons (Fsp3) is 0.538. The third-order valence-electron chi connectivity index (χ3n) is 3.60. The third kappa shape index (κ3) is 3.39. The Bertz CT molecular complexity index is 475. The van der Waals surface area contributed by atoms with Gasteiger partial charge in [-0.1, -0.05) is 11.6 Å². The highest BCUT2D eigenvalue weighted by molar-refractivity contribution is 9.10. The van der Waals surface area contributed by atoms with Gasteiger partial charge in [0, 0.05) is 39.3 Å². The van der Waals surface area contributed by atoms with Crippen molar-refractivity contribution in [3.63, 3.8) is 0 Å². The van der Waals surface area contributed by atoms with E-state index in [1.54, 1.807) is 13.1 Å². The zero-order chi connectivity index (χ0) is 14.0. The number of aromatic nitrogens is 1. The van der Waals surface area contributed by atoms with Gasteiger partial charge in [0.15, 0.2) is 0 Å². The van der Waals surface area contributed by atoms with Gasteiger partial charge in [-0.2, -0.15) is 0 Å². The van der Waals surface area contributed by atoms with Gasteiger partial charge in [-0.05, 0) is 34.8 Å². The lowest BCUT2D eigenvalue weighted by molar-refractivity contribution is -0.129. The fourth-order valence-corrected chi connectivity index (χ4v) is 3.25. The molecule has 19 heavy (non-hydrogen) atoms. The van der Waals surface area contributed by atoms with Crippen molar-refractivity contribution in [2.24, 2.45) is 0 Å². The summed E-state index contributed by atoms with van der Waals surface area (Å²) in [5.41, 5.74) is 0. The molecule has 0 saturated carbocycles. The van der Waals surface area contributed by atoms with E-state index in [9.17, 15) is 4.79 Å². The van der Waals surface area contributed by atoms with Crippen LogP contribution in [0.3, 0.4) is 0 Å². The van der Waals surface area contributed by atoms with E-state index in [-0.39, 0.29) is 5.91 Å². The lowest BCUT2D eigenvalue weighted by Gasteiger charge is -2.37. The second-order valence-corrected chi connectivity index (χ2v) is 6.10. The largest absolute Gasteiger partial charge is 0.356 e. The topological polar surface area (TPSA) is 36.4 Å². The Morgan fingerprint density at radius 1 is 1.53 bits per heavy atom. The molecule has 1 aliphatic heterocycles. The molecular formula is C13H17BrClN3O. The monoisotopic (exact) mass is 345 g/mol. The minimum atomic E-state index is 0.129. The number of hydrogen-bond acceptors (Lipinski definition) is 3. The van der Waals surface area contributed by atoms with E-state index in [0.29, 0.717) is 11.1 Å². The average Bonchev–Trinajstić information content (AvgIpc) is 2.38. The van der Waals surface area contributed by atoms with Crippen LogP contribution < -0.4 is 4.90 Å². The minimum Gasteiger partial charge on any atom is -0.356 e. The number of rotatable bonds is 2. The van der Waals surface area contributed by atoms with Gasteiger partial charge in [-0.15, -0.1) is 0 Å². The van der Waals surface area contributed by atoms with E-state index in [2.05, 4.69) is 25.8 Å². The van der Waals surface area contributed by atoms with Gasteiger partial charge in [0.05, 0.1) is 9.50 Å². The quantitative estimate of drug-likeness (QED) is 0.826. The van der Waals surface area contributed by atoms with Crippen molar-refractivity contribution in [1.82, 2.24) is 9.88 Å². The lowest BCUT2D eigenvalue weighted by atomic mass is 10.0. The van der Waals surface area contributed by atoms with Crippen LogP contribution in [0.15, 0.2) is 16.7 Å². The standard InChI is InChI=1S/C13H17BrClN3O/c1-9(19)17(2)11-3-5-18(6-4-11)13-12(14)7-10(15)8-16-13/h7-8,11H,3-6H2,1-2H3. The van der Waals surface area contributed by atoms with Crippen molar-refractivity contribution in [3.8, 4) is 0 Å². The van der Waals surface area contributed by atoms with Crippen LogP contribution in [-0.2, 0) is 4.79 Å².